The van der Waals surface area contributed by atoms with Crippen molar-refractivity contribution in [1.29, 1.82) is 0 Å². The van der Waals surface area contributed by atoms with E-state index >= 15 is 0 Å². The SMILES string of the molecule is C(C=Cc1ccccc1)=Cc1ccccc1.CC(C)=c1cccc2c1=C([c-]1cccc1)c1ccccc1-2.[Zr]. The van der Waals surface area contributed by atoms with Crippen LogP contribution in [0.1, 0.15) is 36.1 Å². The molecular formula is C37H31Zr-. The van der Waals surface area contributed by atoms with Crippen molar-refractivity contribution in [2.24, 2.45) is 0 Å². The first-order valence-corrected chi connectivity index (χ1v) is 12.8. The van der Waals surface area contributed by atoms with Crippen LogP contribution in [0.5, 0.6) is 0 Å². The summed E-state index contributed by atoms with van der Waals surface area (Å²) in [6.45, 7) is 4.39. The zero-order chi connectivity index (χ0) is 25.5. The second-order valence-electron chi connectivity index (χ2n) is 9.36. The van der Waals surface area contributed by atoms with Crippen molar-refractivity contribution in [3.63, 3.8) is 0 Å². The van der Waals surface area contributed by atoms with Gasteiger partial charge in [-0.3, -0.25) is 0 Å². The van der Waals surface area contributed by atoms with Gasteiger partial charge in [-0.05, 0) is 25.0 Å². The van der Waals surface area contributed by atoms with Gasteiger partial charge in [0.2, 0.25) is 0 Å². The first-order valence-electron chi connectivity index (χ1n) is 12.8. The molecule has 0 nitrogen and oxygen atoms in total. The molecule has 0 unspecified atom stereocenters. The van der Waals surface area contributed by atoms with Crippen molar-refractivity contribution in [2.45, 2.75) is 13.8 Å². The predicted molar refractivity (Wildman–Crippen MR) is 160 cm³/mol. The maximum Gasteiger partial charge on any atom is 0 e. The molecule has 0 aromatic heterocycles. The summed E-state index contributed by atoms with van der Waals surface area (Å²) in [6, 6.07) is 44.6. The van der Waals surface area contributed by atoms with Crippen molar-refractivity contribution in [1.82, 2.24) is 0 Å². The Morgan fingerprint density at radius 3 is 1.58 bits per heavy atom. The van der Waals surface area contributed by atoms with E-state index in [2.05, 4.69) is 129 Å². The van der Waals surface area contributed by atoms with E-state index in [0.717, 1.165) is 0 Å². The molecule has 0 amide bonds. The van der Waals surface area contributed by atoms with Crippen molar-refractivity contribution in [3.8, 4) is 11.1 Å². The zero-order valence-corrected chi connectivity index (χ0v) is 24.4. The maximum absolute atomic E-state index is 2.25. The van der Waals surface area contributed by atoms with Crippen LogP contribution in [0, 0.1) is 0 Å². The molecule has 0 radical (unpaired) electrons. The van der Waals surface area contributed by atoms with Crippen molar-refractivity contribution >= 4 is 23.3 Å². The zero-order valence-electron chi connectivity index (χ0n) is 21.9. The monoisotopic (exact) mass is 565 g/mol. The standard InChI is InChI=1S/C21H17.C16H14.Zr/c1-14(2)16-12-7-13-19-17-10-5-6-11-18(17)20(21(16)19)15-8-3-4-9-15;1-3-9-15(10-4-1)13-7-8-14-16-11-5-2-6-12-16;/h3-13H,1-2H3;1-14H;/q-1;;. The molecule has 1 heteroatoms. The molecule has 0 aliphatic heterocycles. The van der Waals surface area contributed by atoms with E-state index in [9.17, 15) is 0 Å². The third-order valence-electron chi connectivity index (χ3n) is 6.58. The second kappa shape index (κ2) is 13.2. The first-order chi connectivity index (χ1) is 18.2. The third-order valence-corrected chi connectivity index (χ3v) is 6.58. The van der Waals surface area contributed by atoms with E-state index in [1.165, 1.54) is 55.0 Å². The van der Waals surface area contributed by atoms with Gasteiger partial charge in [0.1, 0.15) is 0 Å². The maximum atomic E-state index is 2.25. The second-order valence-corrected chi connectivity index (χ2v) is 9.36. The summed E-state index contributed by atoms with van der Waals surface area (Å²) in [7, 11) is 0. The molecule has 5 aromatic rings. The molecule has 0 fully saturated rings. The number of hydrogen-bond acceptors (Lipinski definition) is 0. The minimum atomic E-state index is 0. The minimum absolute atomic E-state index is 0. The Balaban J connectivity index is 0.000000179. The number of allylic oxidation sites excluding steroid dienone is 2. The van der Waals surface area contributed by atoms with Crippen LogP contribution in [0.2, 0.25) is 0 Å². The van der Waals surface area contributed by atoms with Crippen LogP contribution in [0.15, 0.2) is 140 Å². The summed E-state index contributed by atoms with van der Waals surface area (Å²) in [4.78, 5) is 0. The van der Waals surface area contributed by atoms with Gasteiger partial charge in [0.15, 0.2) is 0 Å². The molecule has 1 aliphatic rings. The fourth-order valence-electron chi connectivity index (χ4n) is 4.84. The number of rotatable bonds is 4. The van der Waals surface area contributed by atoms with Crippen LogP contribution in [0.4, 0.5) is 0 Å². The summed E-state index contributed by atoms with van der Waals surface area (Å²) in [5.41, 5.74) is 10.6. The largest absolute Gasteiger partial charge is 0.152 e. The predicted octanol–water partition coefficient (Wildman–Crippen LogP) is 8.23. The molecule has 0 saturated carbocycles. The number of benzene rings is 4. The van der Waals surface area contributed by atoms with Gasteiger partial charge in [0.05, 0.1) is 0 Å². The third kappa shape index (κ3) is 6.24. The smallest absolute Gasteiger partial charge is 0 e. The Morgan fingerprint density at radius 1 is 0.526 bits per heavy atom. The van der Waals surface area contributed by atoms with E-state index in [4.69, 9.17) is 0 Å². The van der Waals surface area contributed by atoms with Crippen LogP contribution in [-0.4, -0.2) is 0 Å². The van der Waals surface area contributed by atoms with Gasteiger partial charge in [-0.25, -0.2) is 0 Å². The summed E-state index contributed by atoms with van der Waals surface area (Å²) >= 11 is 0. The fourth-order valence-corrected chi connectivity index (χ4v) is 4.84. The number of hydrogen-bond donors (Lipinski definition) is 0. The Bertz CT molecular complexity index is 1600. The summed E-state index contributed by atoms with van der Waals surface area (Å²) in [5, 5.41) is 2.75. The molecule has 0 N–H and O–H groups in total. The van der Waals surface area contributed by atoms with Crippen LogP contribution in [-0.2, 0) is 26.2 Å². The van der Waals surface area contributed by atoms with Gasteiger partial charge in [-0.2, -0.15) is 12.1 Å². The summed E-state index contributed by atoms with van der Waals surface area (Å²) in [6.07, 6.45) is 8.31. The fraction of sp³-hybridized carbons (Fsp3) is 0.0541. The molecule has 6 rings (SSSR count). The van der Waals surface area contributed by atoms with E-state index in [-0.39, 0.29) is 26.2 Å². The number of fused-ring (bicyclic) bond motifs is 3. The molecular weight excluding hydrogens is 536 g/mol. The van der Waals surface area contributed by atoms with Gasteiger partial charge >= 0.3 is 0 Å². The summed E-state index contributed by atoms with van der Waals surface area (Å²) < 4.78 is 0. The molecule has 1 aliphatic carbocycles. The van der Waals surface area contributed by atoms with Crippen LogP contribution in [0.25, 0.3) is 34.4 Å². The Kier molecular flexibility index (Phi) is 9.53. The average molecular weight is 567 g/mol. The van der Waals surface area contributed by atoms with E-state index < -0.39 is 0 Å². The molecule has 0 spiro atoms. The quantitative estimate of drug-likeness (QED) is 0.149. The Hall–Kier alpha value is -3.67. The summed E-state index contributed by atoms with van der Waals surface area (Å²) in [5.74, 6) is 0. The van der Waals surface area contributed by atoms with Gasteiger partial charge in [0, 0.05) is 26.2 Å². The van der Waals surface area contributed by atoms with Gasteiger partial charge in [-0.1, -0.05) is 166 Å². The normalized spacial score (nSPS) is 11.5. The Morgan fingerprint density at radius 2 is 1.03 bits per heavy atom. The first kappa shape index (κ1) is 27.4. The molecule has 5 aromatic carbocycles. The molecule has 0 atom stereocenters. The van der Waals surface area contributed by atoms with Gasteiger partial charge < -0.3 is 0 Å². The molecule has 0 saturated heterocycles. The van der Waals surface area contributed by atoms with Crippen LogP contribution < -0.4 is 10.4 Å². The minimum Gasteiger partial charge on any atom is -0.152 e. The van der Waals surface area contributed by atoms with Crippen LogP contribution in [0.3, 0.4) is 0 Å². The van der Waals surface area contributed by atoms with E-state index in [0.29, 0.717) is 0 Å². The van der Waals surface area contributed by atoms with Gasteiger partial charge in [0.25, 0.3) is 0 Å². The van der Waals surface area contributed by atoms with Crippen molar-refractivity contribution < 1.29 is 26.2 Å². The van der Waals surface area contributed by atoms with Crippen molar-refractivity contribution in [2.75, 3.05) is 0 Å². The molecule has 184 valence electrons. The molecule has 0 heterocycles. The van der Waals surface area contributed by atoms with Crippen molar-refractivity contribution in [3.05, 3.63) is 172 Å². The molecule has 0 bridgehead atoms. The average Bonchev–Trinajstić information content (AvgIpc) is 3.59. The van der Waals surface area contributed by atoms with Gasteiger partial charge in [-0.15, -0.1) is 17.7 Å². The molecule has 38 heavy (non-hydrogen) atoms. The Labute approximate surface area is 245 Å². The van der Waals surface area contributed by atoms with Crippen LogP contribution >= 0.6 is 0 Å². The van der Waals surface area contributed by atoms with E-state index in [1.54, 1.807) is 0 Å². The topological polar surface area (TPSA) is 0 Å². The van der Waals surface area contributed by atoms with E-state index in [1.807, 2.05) is 36.4 Å².